The Balaban J connectivity index is 1.95. The van der Waals surface area contributed by atoms with Gasteiger partial charge in [0, 0.05) is 5.56 Å². The van der Waals surface area contributed by atoms with E-state index >= 15 is 0 Å². The molecule has 1 N–H and O–H groups in total. The van der Waals surface area contributed by atoms with Gasteiger partial charge in [-0.3, -0.25) is 0 Å². The number of aliphatic hydroxyl groups is 1. The Kier molecular flexibility index (Phi) is 3.81. The Morgan fingerprint density at radius 1 is 1.10 bits per heavy atom. The first kappa shape index (κ1) is 12.9. The molecule has 2 aromatic heterocycles. The lowest BCUT2D eigenvalue weighted by molar-refractivity contribution is 0.343. The van der Waals surface area contributed by atoms with E-state index in [2.05, 4.69) is 23.6 Å². The van der Waals surface area contributed by atoms with Crippen molar-refractivity contribution >= 4 is 16.9 Å². The number of hydrogen-bond acceptors (Lipinski definition) is 3. The zero-order valence-corrected chi connectivity index (χ0v) is 11.6. The van der Waals surface area contributed by atoms with E-state index in [1.165, 1.54) is 0 Å². The van der Waals surface area contributed by atoms with Gasteiger partial charge in [0.05, 0.1) is 12.9 Å². The Bertz CT molecular complexity index is 677. The fourth-order valence-electron chi connectivity index (χ4n) is 2.17. The Morgan fingerprint density at radius 3 is 2.55 bits per heavy atom. The minimum Gasteiger partial charge on any atom is -0.464 e. The van der Waals surface area contributed by atoms with Gasteiger partial charge < -0.3 is 9.52 Å². The highest BCUT2D eigenvalue weighted by atomic mass is 32.1. The third kappa shape index (κ3) is 2.59. The number of furan rings is 1. The molecular formula is C17H14O2S. The molecule has 2 heterocycles. The van der Waals surface area contributed by atoms with Crippen LogP contribution in [0.4, 0.5) is 0 Å². The highest BCUT2D eigenvalue weighted by Gasteiger charge is 2.06. The maximum atomic E-state index is 9.21. The molecule has 0 amide bonds. The minimum atomic E-state index is 0.0329. The minimum absolute atomic E-state index is 0.0329. The molecule has 0 aliphatic heterocycles. The topological polar surface area (TPSA) is 33.4 Å². The van der Waals surface area contributed by atoms with Crippen molar-refractivity contribution in [3.8, 4) is 11.3 Å². The standard InChI is InChI=1S/C17H14O2S/c18-9-7-16(15-8-11-20-12-15)13-3-5-14(6-4-13)17-2-1-10-19-17/h1-8,10-12,18H,9H2/b16-7-. The molecule has 0 bridgehead atoms. The molecule has 2 nitrogen and oxygen atoms in total. The van der Waals surface area contributed by atoms with Crippen molar-refractivity contribution in [1.82, 2.24) is 0 Å². The highest BCUT2D eigenvalue weighted by molar-refractivity contribution is 7.08. The number of rotatable bonds is 4. The van der Waals surface area contributed by atoms with E-state index in [1.54, 1.807) is 17.6 Å². The Labute approximate surface area is 121 Å². The summed E-state index contributed by atoms with van der Waals surface area (Å²) >= 11 is 1.65. The molecule has 0 aliphatic rings. The first-order valence-electron chi connectivity index (χ1n) is 6.36. The molecule has 3 heteroatoms. The first-order valence-corrected chi connectivity index (χ1v) is 7.30. The second-order valence-corrected chi connectivity index (χ2v) is 5.15. The van der Waals surface area contributed by atoms with Gasteiger partial charge in [0.1, 0.15) is 5.76 Å². The van der Waals surface area contributed by atoms with Gasteiger partial charge >= 0.3 is 0 Å². The summed E-state index contributed by atoms with van der Waals surface area (Å²) in [5.41, 5.74) is 4.33. The van der Waals surface area contributed by atoms with Crippen LogP contribution in [0.15, 0.2) is 70.0 Å². The largest absolute Gasteiger partial charge is 0.464 e. The van der Waals surface area contributed by atoms with Crippen LogP contribution in [-0.4, -0.2) is 11.7 Å². The molecule has 0 spiro atoms. The highest BCUT2D eigenvalue weighted by Crippen LogP contribution is 2.27. The molecule has 0 unspecified atom stereocenters. The van der Waals surface area contributed by atoms with Crippen LogP contribution in [-0.2, 0) is 0 Å². The second kappa shape index (κ2) is 5.90. The van der Waals surface area contributed by atoms with E-state index in [0.717, 1.165) is 28.0 Å². The quantitative estimate of drug-likeness (QED) is 0.768. The van der Waals surface area contributed by atoms with Gasteiger partial charge in [0.25, 0.3) is 0 Å². The molecule has 0 atom stereocenters. The molecule has 100 valence electrons. The van der Waals surface area contributed by atoms with Gasteiger partial charge in [-0.05, 0) is 45.7 Å². The monoisotopic (exact) mass is 282 g/mol. The number of hydrogen-bond donors (Lipinski definition) is 1. The lowest BCUT2D eigenvalue weighted by atomic mass is 9.98. The van der Waals surface area contributed by atoms with Crippen molar-refractivity contribution in [3.63, 3.8) is 0 Å². The number of benzene rings is 1. The summed E-state index contributed by atoms with van der Waals surface area (Å²) in [4.78, 5) is 0. The maximum absolute atomic E-state index is 9.21. The van der Waals surface area contributed by atoms with Crippen molar-refractivity contribution in [2.45, 2.75) is 0 Å². The summed E-state index contributed by atoms with van der Waals surface area (Å²) in [5.74, 6) is 0.861. The van der Waals surface area contributed by atoms with E-state index < -0.39 is 0 Å². The number of aliphatic hydroxyl groups excluding tert-OH is 1. The van der Waals surface area contributed by atoms with Crippen molar-refractivity contribution in [2.75, 3.05) is 6.61 Å². The third-order valence-electron chi connectivity index (χ3n) is 3.13. The maximum Gasteiger partial charge on any atom is 0.133 e. The van der Waals surface area contributed by atoms with Gasteiger partial charge in [-0.25, -0.2) is 0 Å². The van der Waals surface area contributed by atoms with Crippen molar-refractivity contribution in [1.29, 1.82) is 0 Å². The summed E-state index contributed by atoms with van der Waals surface area (Å²) in [6.45, 7) is 0.0329. The molecule has 1 aromatic carbocycles. The van der Waals surface area contributed by atoms with Crippen LogP contribution < -0.4 is 0 Å². The second-order valence-electron chi connectivity index (χ2n) is 4.37. The van der Waals surface area contributed by atoms with Gasteiger partial charge in [0.2, 0.25) is 0 Å². The first-order chi connectivity index (χ1) is 9.88. The van der Waals surface area contributed by atoms with E-state index in [4.69, 9.17) is 4.42 Å². The fraction of sp³-hybridized carbons (Fsp3) is 0.0588. The van der Waals surface area contributed by atoms with Crippen LogP contribution in [0.5, 0.6) is 0 Å². The predicted molar refractivity (Wildman–Crippen MR) is 82.6 cm³/mol. The van der Waals surface area contributed by atoms with Crippen LogP contribution in [0.3, 0.4) is 0 Å². The van der Waals surface area contributed by atoms with Crippen molar-refractivity contribution in [3.05, 3.63) is 76.7 Å². The summed E-state index contributed by atoms with van der Waals surface area (Å²) in [6.07, 6.45) is 3.51. The molecule has 0 radical (unpaired) electrons. The summed E-state index contributed by atoms with van der Waals surface area (Å²) < 4.78 is 5.39. The van der Waals surface area contributed by atoms with Gasteiger partial charge in [-0.15, -0.1) is 0 Å². The van der Waals surface area contributed by atoms with Crippen LogP contribution in [0.1, 0.15) is 11.1 Å². The van der Waals surface area contributed by atoms with Crippen LogP contribution in [0, 0.1) is 0 Å². The average molecular weight is 282 g/mol. The van der Waals surface area contributed by atoms with Crippen LogP contribution in [0.25, 0.3) is 16.9 Å². The molecule has 0 fully saturated rings. The van der Waals surface area contributed by atoms with E-state index in [9.17, 15) is 5.11 Å². The van der Waals surface area contributed by atoms with Gasteiger partial charge in [0.15, 0.2) is 0 Å². The molecule has 0 saturated carbocycles. The van der Waals surface area contributed by atoms with Crippen LogP contribution in [0.2, 0.25) is 0 Å². The van der Waals surface area contributed by atoms with Gasteiger partial charge in [-0.1, -0.05) is 30.3 Å². The average Bonchev–Trinajstić information content (AvgIpc) is 3.18. The predicted octanol–water partition coefficient (Wildman–Crippen LogP) is 4.43. The van der Waals surface area contributed by atoms with Crippen molar-refractivity contribution < 1.29 is 9.52 Å². The Morgan fingerprint density at radius 2 is 1.95 bits per heavy atom. The molecule has 0 aliphatic carbocycles. The molecule has 3 rings (SSSR count). The van der Waals surface area contributed by atoms with E-state index in [-0.39, 0.29) is 6.61 Å². The molecule has 0 saturated heterocycles. The summed E-state index contributed by atoms with van der Waals surface area (Å²) in [5, 5.41) is 13.3. The molecular weight excluding hydrogens is 268 g/mol. The lowest BCUT2D eigenvalue weighted by Crippen LogP contribution is -1.88. The lowest BCUT2D eigenvalue weighted by Gasteiger charge is -2.07. The summed E-state index contributed by atoms with van der Waals surface area (Å²) in [7, 11) is 0. The van der Waals surface area contributed by atoms with E-state index in [1.807, 2.05) is 35.7 Å². The van der Waals surface area contributed by atoms with Crippen molar-refractivity contribution in [2.24, 2.45) is 0 Å². The normalized spacial score (nSPS) is 11.8. The Hall–Kier alpha value is -2.10. The third-order valence-corrected chi connectivity index (χ3v) is 3.81. The zero-order valence-electron chi connectivity index (χ0n) is 10.8. The zero-order chi connectivity index (χ0) is 13.8. The van der Waals surface area contributed by atoms with Crippen LogP contribution >= 0.6 is 11.3 Å². The van der Waals surface area contributed by atoms with E-state index in [0.29, 0.717) is 0 Å². The smallest absolute Gasteiger partial charge is 0.133 e. The summed E-state index contributed by atoms with van der Waals surface area (Å²) in [6, 6.07) is 14.1. The number of thiophene rings is 1. The van der Waals surface area contributed by atoms with Gasteiger partial charge in [-0.2, -0.15) is 11.3 Å². The molecule has 3 aromatic rings. The molecule has 20 heavy (non-hydrogen) atoms. The fourth-order valence-corrected chi connectivity index (χ4v) is 2.82. The SMILES string of the molecule is OC/C=C(/c1ccc(-c2ccco2)cc1)c1ccsc1.